The van der Waals surface area contributed by atoms with E-state index in [2.05, 4.69) is 0 Å². The third-order valence-corrected chi connectivity index (χ3v) is 17.6. The molecule has 0 unspecified atom stereocenters. The fraction of sp³-hybridized carbons (Fsp3) is 0.383. The van der Waals surface area contributed by atoms with Crippen LogP contribution in [0.2, 0.25) is 15.1 Å². The Hall–Kier alpha value is -4.18. The normalized spacial score (nSPS) is 26.3. The van der Waals surface area contributed by atoms with Crippen LogP contribution in [0.4, 0.5) is 26.3 Å². The van der Waals surface area contributed by atoms with Crippen LogP contribution in [0.3, 0.4) is 0 Å². The van der Waals surface area contributed by atoms with E-state index in [4.69, 9.17) is 49.0 Å². The van der Waals surface area contributed by atoms with E-state index in [0.29, 0.717) is 103 Å². The number of aliphatic hydroxyl groups excluding tert-OH is 2. The van der Waals surface area contributed by atoms with E-state index in [1.807, 2.05) is 60.7 Å². The van der Waals surface area contributed by atoms with Crippen molar-refractivity contribution in [1.29, 1.82) is 0 Å². The summed E-state index contributed by atoms with van der Waals surface area (Å²) in [5.41, 5.74) is 2.16. The molecule has 0 spiro atoms. The molecule has 12 rings (SSSR count). The van der Waals surface area contributed by atoms with Crippen molar-refractivity contribution < 1.29 is 86.5 Å². The van der Waals surface area contributed by atoms with Gasteiger partial charge in [-0.15, -0.1) is 0 Å². The van der Waals surface area contributed by atoms with E-state index in [-0.39, 0.29) is 106 Å². The van der Waals surface area contributed by atoms with Crippen LogP contribution in [0.25, 0.3) is 0 Å². The number of ether oxygens (including phenoxy) is 3. The molecule has 77 heavy (non-hydrogen) atoms. The number of hydrogen-bond acceptors (Lipinski definition) is 6. The van der Waals surface area contributed by atoms with Crippen LogP contribution in [0.15, 0.2) is 109 Å². The summed E-state index contributed by atoms with van der Waals surface area (Å²) in [6, 6.07) is 29.1. The Balaban J connectivity index is 0.000000166. The Morgan fingerprint density at radius 1 is 0.468 bits per heavy atom. The molecule has 3 aliphatic carbocycles. The smallest absolute Gasteiger partial charge is 1.00 e. The summed E-state index contributed by atoms with van der Waals surface area (Å²) in [6.45, 7) is 0.808. The van der Waals surface area contributed by atoms with Crippen molar-refractivity contribution in [2.45, 2.75) is 106 Å². The van der Waals surface area contributed by atoms with Gasteiger partial charge in [0.15, 0.2) is 34.7 Å². The Morgan fingerprint density at radius 2 is 0.766 bits per heavy atom. The monoisotopic (exact) mass is 1130 g/mol. The Morgan fingerprint density at radius 3 is 1.10 bits per heavy atom. The topological polar surface area (TPSA) is 85.2 Å². The van der Waals surface area contributed by atoms with Crippen molar-refractivity contribution in [2.24, 2.45) is 17.8 Å². The van der Waals surface area contributed by atoms with Crippen LogP contribution in [0.5, 0.6) is 17.2 Å². The molecular formula is C60H56BCl3F6NaO6. The molecular weight excluding hydrogens is 1070 g/mol. The molecule has 3 heterocycles. The van der Waals surface area contributed by atoms with Crippen molar-refractivity contribution >= 4 is 49.0 Å². The van der Waals surface area contributed by atoms with Gasteiger partial charge in [-0.2, -0.15) is 0 Å². The Bertz CT molecular complexity index is 2960. The minimum atomic E-state index is -0.637. The van der Waals surface area contributed by atoms with E-state index >= 15 is 0 Å². The molecule has 0 bridgehead atoms. The van der Waals surface area contributed by atoms with E-state index < -0.39 is 63.4 Å². The summed E-state index contributed by atoms with van der Waals surface area (Å²) >= 11 is 17.9. The van der Waals surface area contributed by atoms with Crippen LogP contribution in [0.1, 0.15) is 92.6 Å². The van der Waals surface area contributed by atoms with Crippen molar-refractivity contribution in [3.63, 3.8) is 0 Å². The summed E-state index contributed by atoms with van der Waals surface area (Å²) in [5.74, 6) is -3.03. The number of halogens is 9. The average Bonchev–Trinajstić information content (AvgIpc) is 3.49. The van der Waals surface area contributed by atoms with Gasteiger partial charge in [0.05, 0.1) is 32.0 Å². The summed E-state index contributed by atoms with van der Waals surface area (Å²) in [6.07, 6.45) is 5.41. The molecule has 0 saturated heterocycles. The fourth-order valence-corrected chi connectivity index (χ4v) is 13.6. The van der Waals surface area contributed by atoms with E-state index in [9.17, 15) is 41.4 Å². The van der Waals surface area contributed by atoms with Crippen LogP contribution >= 0.6 is 34.8 Å². The van der Waals surface area contributed by atoms with Gasteiger partial charge in [-0.25, -0.2) is 26.3 Å². The average molecular weight is 1130 g/mol. The van der Waals surface area contributed by atoms with Gasteiger partial charge >= 0.3 is 29.6 Å². The maximum atomic E-state index is 14.8. The Kier molecular flexibility index (Phi) is 18.6. The molecule has 3 fully saturated rings. The number of benzene rings is 6. The molecule has 6 aromatic rings. The quantitative estimate of drug-likeness (QED) is 0.128. The first kappa shape index (κ1) is 59.0. The summed E-state index contributed by atoms with van der Waals surface area (Å²) < 4.78 is 104. The summed E-state index contributed by atoms with van der Waals surface area (Å²) in [4.78, 5) is 12.0. The standard InChI is InChI=1S/2C20H19ClF2O2.C20H17ClF2O2.B.Na.H/c3*21-14-3-1-12(2-4-14)10-20-8-7-15(24)9-13(20)11-25-19-17(23)6-5-16(22)18(19)20;;;/h2*1-6,13,15,24H,7-11H2;1-6,13H,7-11H2;;;/q;;;;+1;-1/t13-,15+,20+;13-,15-,20+;13-,20+;;;/m111.../s1. The minimum Gasteiger partial charge on any atom is -1.00 e. The van der Waals surface area contributed by atoms with Crippen LogP contribution < -0.4 is 43.8 Å². The second-order valence-electron chi connectivity index (χ2n) is 21.2. The second kappa shape index (κ2) is 24.3. The van der Waals surface area contributed by atoms with Gasteiger partial charge in [0.1, 0.15) is 23.2 Å². The molecule has 399 valence electrons. The van der Waals surface area contributed by atoms with E-state index in [1.165, 1.54) is 12.1 Å². The zero-order valence-electron chi connectivity index (χ0n) is 43.4. The molecule has 6 aromatic carbocycles. The SMILES string of the molecule is O=C1CC[C@@]2(Cc3ccc(Cl)cc3)c3c(F)ccc(F)c3OC[C@H]2C1.O[C@@H]1CC[C@@]2(Cc3ccc(Cl)cc3)c3c(F)ccc(F)c3OC[C@H]2C1.O[C@H]1CC[C@@]2(Cc3ccc(Cl)cc3)c3c(F)ccc(F)c3OC[C@H]2C1.[B].[H-].[Na+]. The number of Topliss-reactive ketones (excluding diaryl/α,β-unsaturated/α-hetero) is 1. The van der Waals surface area contributed by atoms with Crippen LogP contribution in [-0.2, 0) is 40.3 Å². The zero-order chi connectivity index (χ0) is 52.8. The summed E-state index contributed by atoms with van der Waals surface area (Å²) in [5, 5.41) is 22.1. The van der Waals surface area contributed by atoms with Gasteiger partial charge in [0, 0.05) is 87.0 Å². The van der Waals surface area contributed by atoms with Gasteiger partial charge in [0.2, 0.25) is 0 Å². The predicted octanol–water partition coefficient (Wildman–Crippen LogP) is 10.9. The number of carbonyl (C=O) groups excluding carboxylic acids is 1. The van der Waals surface area contributed by atoms with E-state index in [0.717, 1.165) is 41.0 Å². The van der Waals surface area contributed by atoms with Gasteiger partial charge in [-0.1, -0.05) is 71.2 Å². The molecule has 3 aliphatic heterocycles. The number of aliphatic hydroxyl groups is 2. The van der Waals surface area contributed by atoms with Gasteiger partial charge < -0.3 is 25.9 Å². The maximum Gasteiger partial charge on any atom is 1.00 e. The molecule has 0 amide bonds. The van der Waals surface area contributed by atoms with Crippen LogP contribution in [0, 0.1) is 52.7 Å². The molecule has 6 aliphatic rings. The van der Waals surface area contributed by atoms with Gasteiger partial charge in [-0.05, 0) is 154 Å². The maximum absolute atomic E-state index is 14.8. The third kappa shape index (κ3) is 11.7. The molecule has 0 aromatic heterocycles. The predicted molar refractivity (Wildman–Crippen MR) is 282 cm³/mol. The van der Waals surface area contributed by atoms with Crippen molar-refractivity contribution in [1.82, 2.24) is 0 Å². The molecule has 8 atom stereocenters. The molecule has 6 nitrogen and oxygen atoms in total. The number of carbonyl (C=O) groups is 1. The summed E-state index contributed by atoms with van der Waals surface area (Å²) in [7, 11) is 0. The first-order chi connectivity index (χ1) is 36.0. The number of hydrogen-bond donors (Lipinski definition) is 2. The van der Waals surface area contributed by atoms with Crippen molar-refractivity contribution in [3.8, 4) is 17.2 Å². The van der Waals surface area contributed by atoms with Crippen LogP contribution in [-0.4, -0.2) is 56.4 Å². The fourth-order valence-electron chi connectivity index (χ4n) is 13.2. The van der Waals surface area contributed by atoms with Crippen molar-refractivity contribution in [3.05, 3.63) is 193 Å². The largest absolute Gasteiger partial charge is 1.00 e. The second-order valence-corrected chi connectivity index (χ2v) is 22.5. The third-order valence-electron chi connectivity index (χ3n) is 16.9. The number of ketones is 1. The van der Waals surface area contributed by atoms with Gasteiger partial charge in [-0.3, -0.25) is 4.79 Å². The zero-order valence-corrected chi connectivity index (χ0v) is 46.7. The molecule has 3 saturated carbocycles. The molecule has 3 radical (unpaired) electrons. The molecule has 2 N–H and O–H groups in total. The number of fused-ring (bicyclic) bond motifs is 9. The molecule has 17 heteroatoms. The van der Waals surface area contributed by atoms with E-state index in [1.54, 1.807) is 12.1 Å². The minimum absolute atomic E-state index is 0. The van der Waals surface area contributed by atoms with Crippen molar-refractivity contribution in [2.75, 3.05) is 19.8 Å². The first-order valence-corrected chi connectivity index (χ1v) is 26.6. The number of rotatable bonds is 6. The Labute approximate surface area is 485 Å². The van der Waals surface area contributed by atoms with Gasteiger partial charge in [0.25, 0.3) is 0 Å². The first-order valence-electron chi connectivity index (χ1n) is 25.4.